The molecule has 0 aliphatic rings. The minimum atomic E-state index is -0.534. The normalized spacial score (nSPS) is 11.0. The van der Waals surface area contributed by atoms with Gasteiger partial charge in [-0.05, 0) is 60.0 Å². The van der Waals surface area contributed by atoms with Gasteiger partial charge in [0.1, 0.15) is 5.60 Å². The van der Waals surface area contributed by atoms with Crippen molar-refractivity contribution in [3.05, 3.63) is 34.8 Å². The highest BCUT2D eigenvalue weighted by Gasteiger charge is 2.17. The zero-order valence-electron chi connectivity index (χ0n) is 11.2. The van der Waals surface area contributed by atoms with E-state index in [9.17, 15) is 4.79 Å². The third-order valence-electron chi connectivity index (χ3n) is 2.17. The monoisotopic (exact) mass is 345 g/mol. The minimum Gasteiger partial charge on any atom is -0.444 e. The first-order valence-corrected chi connectivity index (χ1v) is 7.09. The SMILES string of the molecule is C=C(CCl)c1ccc(Br)c(NC(=O)OC(C)(C)C)c1. The number of nitrogens with one attached hydrogen (secondary N) is 1. The molecular weight excluding hydrogens is 330 g/mol. The lowest BCUT2D eigenvalue weighted by atomic mass is 10.1. The number of benzene rings is 1. The second-order valence-corrected chi connectivity index (χ2v) is 6.18. The molecule has 0 aliphatic carbocycles. The molecule has 1 N–H and O–H groups in total. The van der Waals surface area contributed by atoms with E-state index in [0.717, 1.165) is 15.6 Å². The number of alkyl halides is 1. The van der Waals surface area contributed by atoms with E-state index in [1.807, 2.05) is 32.9 Å². The number of halogens is 2. The van der Waals surface area contributed by atoms with Gasteiger partial charge in [-0.3, -0.25) is 5.32 Å². The third kappa shape index (κ3) is 5.25. The van der Waals surface area contributed by atoms with E-state index in [4.69, 9.17) is 16.3 Å². The summed E-state index contributed by atoms with van der Waals surface area (Å²) in [5.41, 5.74) is 1.76. The van der Waals surface area contributed by atoms with Crippen LogP contribution in [-0.2, 0) is 4.74 Å². The molecule has 0 saturated heterocycles. The van der Waals surface area contributed by atoms with E-state index in [-0.39, 0.29) is 0 Å². The van der Waals surface area contributed by atoms with Crippen LogP contribution in [0.2, 0.25) is 0 Å². The Morgan fingerprint density at radius 1 is 1.47 bits per heavy atom. The van der Waals surface area contributed by atoms with Crippen LogP contribution in [0.3, 0.4) is 0 Å². The molecule has 1 aromatic rings. The fourth-order valence-electron chi connectivity index (χ4n) is 1.33. The molecule has 0 saturated carbocycles. The Morgan fingerprint density at radius 2 is 2.11 bits per heavy atom. The average Bonchev–Trinajstić information content (AvgIpc) is 2.28. The molecule has 0 heterocycles. The van der Waals surface area contributed by atoms with Gasteiger partial charge < -0.3 is 4.74 Å². The fourth-order valence-corrected chi connectivity index (χ4v) is 1.83. The van der Waals surface area contributed by atoms with Gasteiger partial charge >= 0.3 is 6.09 Å². The van der Waals surface area contributed by atoms with Gasteiger partial charge in [-0.25, -0.2) is 4.79 Å². The Morgan fingerprint density at radius 3 is 2.63 bits per heavy atom. The van der Waals surface area contributed by atoms with Crippen LogP contribution in [0.25, 0.3) is 5.57 Å². The second kappa shape index (κ2) is 6.44. The van der Waals surface area contributed by atoms with Crippen molar-refractivity contribution in [3.63, 3.8) is 0 Å². The number of carbonyl (C=O) groups is 1. The molecule has 104 valence electrons. The lowest BCUT2D eigenvalue weighted by Crippen LogP contribution is -2.27. The number of carbonyl (C=O) groups excluding carboxylic acids is 1. The van der Waals surface area contributed by atoms with Crippen molar-refractivity contribution in [2.45, 2.75) is 26.4 Å². The highest BCUT2D eigenvalue weighted by Crippen LogP contribution is 2.27. The van der Waals surface area contributed by atoms with Crippen LogP contribution in [0.4, 0.5) is 10.5 Å². The number of hydrogen-bond acceptors (Lipinski definition) is 2. The topological polar surface area (TPSA) is 38.3 Å². The number of rotatable bonds is 3. The van der Waals surface area contributed by atoms with Crippen molar-refractivity contribution in [1.82, 2.24) is 0 Å². The molecule has 0 aromatic heterocycles. The van der Waals surface area contributed by atoms with E-state index in [0.29, 0.717) is 11.6 Å². The smallest absolute Gasteiger partial charge is 0.412 e. The van der Waals surface area contributed by atoms with Gasteiger partial charge in [0.2, 0.25) is 0 Å². The summed E-state index contributed by atoms with van der Waals surface area (Å²) in [6, 6.07) is 5.52. The van der Waals surface area contributed by atoms with Crippen molar-refractivity contribution in [2.24, 2.45) is 0 Å². The number of amides is 1. The van der Waals surface area contributed by atoms with Crippen molar-refractivity contribution in [1.29, 1.82) is 0 Å². The van der Waals surface area contributed by atoms with Crippen molar-refractivity contribution >= 4 is 44.9 Å². The lowest BCUT2D eigenvalue weighted by molar-refractivity contribution is 0.0636. The van der Waals surface area contributed by atoms with Crippen LogP contribution >= 0.6 is 27.5 Å². The molecule has 1 aromatic carbocycles. The summed E-state index contributed by atoms with van der Waals surface area (Å²) in [7, 11) is 0. The van der Waals surface area contributed by atoms with Gasteiger partial charge in [0.25, 0.3) is 0 Å². The van der Waals surface area contributed by atoms with E-state index in [1.54, 1.807) is 6.07 Å². The second-order valence-electron chi connectivity index (χ2n) is 5.06. The van der Waals surface area contributed by atoms with Gasteiger partial charge in [0.15, 0.2) is 0 Å². The maximum atomic E-state index is 11.7. The molecule has 19 heavy (non-hydrogen) atoms. The zero-order valence-corrected chi connectivity index (χ0v) is 13.6. The maximum Gasteiger partial charge on any atom is 0.412 e. The largest absolute Gasteiger partial charge is 0.444 e. The fraction of sp³-hybridized carbons (Fsp3) is 0.357. The predicted octanol–water partition coefficient (Wildman–Crippen LogP) is 5.05. The molecule has 0 bridgehead atoms. The third-order valence-corrected chi connectivity index (χ3v) is 3.19. The molecule has 0 fully saturated rings. The van der Waals surface area contributed by atoms with E-state index < -0.39 is 11.7 Å². The highest BCUT2D eigenvalue weighted by atomic mass is 79.9. The summed E-state index contributed by atoms with van der Waals surface area (Å²) in [6.45, 7) is 9.30. The van der Waals surface area contributed by atoms with Gasteiger partial charge in [0, 0.05) is 10.4 Å². The maximum absolute atomic E-state index is 11.7. The number of hydrogen-bond donors (Lipinski definition) is 1. The molecule has 0 spiro atoms. The molecule has 0 radical (unpaired) electrons. The van der Waals surface area contributed by atoms with E-state index in [2.05, 4.69) is 27.8 Å². The summed E-state index contributed by atoms with van der Waals surface area (Å²) < 4.78 is 5.97. The number of anilines is 1. The first-order chi connectivity index (χ1) is 8.73. The molecule has 0 atom stereocenters. The van der Waals surface area contributed by atoms with Crippen LogP contribution in [0.1, 0.15) is 26.3 Å². The summed E-state index contributed by atoms with van der Waals surface area (Å²) in [5.74, 6) is 0.341. The number of ether oxygens (including phenoxy) is 1. The summed E-state index contributed by atoms with van der Waals surface area (Å²) in [5, 5.41) is 2.69. The Labute approximate surface area is 127 Å². The van der Waals surface area contributed by atoms with Gasteiger partial charge in [-0.15, -0.1) is 11.6 Å². The molecule has 0 aliphatic heterocycles. The number of allylic oxidation sites excluding steroid dienone is 1. The quantitative estimate of drug-likeness (QED) is 0.778. The van der Waals surface area contributed by atoms with E-state index >= 15 is 0 Å². The predicted molar refractivity (Wildman–Crippen MR) is 83.8 cm³/mol. The molecular formula is C14H17BrClNO2. The van der Waals surface area contributed by atoms with Crippen molar-refractivity contribution in [3.8, 4) is 0 Å². The Balaban J connectivity index is 2.88. The van der Waals surface area contributed by atoms with Crippen LogP contribution in [0.15, 0.2) is 29.3 Å². The summed E-state index contributed by atoms with van der Waals surface area (Å²) >= 11 is 9.12. The van der Waals surface area contributed by atoms with Crippen LogP contribution < -0.4 is 5.32 Å². The summed E-state index contributed by atoms with van der Waals surface area (Å²) in [4.78, 5) is 11.7. The van der Waals surface area contributed by atoms with Crippen LogP contribution in [-0.4, -0.2) is 17.6 Å². The van der Waals surface area contributed by atoms with Crippen LogP contribution in [0, 0.1) is 0 Å². The van der Waals surface area contributed by atoms with E-state index in [1.165, 1.54) is 0 Å². The first kappa shape index (κ1) is 16.1. The van der Waals surface area contributed by atoms with Gasteiger partial charge in [-0.1, -0.05) is 12.6 Å². The standard InChI is InChI=1S/C14H17BrClNO2/c1-9(8-16)10-5-6-11(15)12(7-10)17-13(18)19-14(2,3)4/h5-7H,1,8H2,2-4H3,(H,17,18). The molecule has 1 amide bonds. The minimum absolute atomic E-state index is 0.341. The molecule has 1 rings (SSSR count). The summed E-state index contributed by atoms with van der Waals surface area (Å²) in [6.07, 6.45) is -0.498. The Hall–Kier alpha value is -1.00. The Bertz CT molecular complexity index is 495. The van der Waals surface area contributed by atoms with Crippen molar-refractivity contribution < 1.29 is 9.53 Å². The van der Waals surface area contributed by atoms with Gasteiger partial charge in [-0.2, -0.15) is 0 Å². The van der Waals surface area contributed by atoms with Crippen molar-refractivity contribution in [2.75, 3.05) is 11.2 Å². The average molecular weight is 347 g/mol. The van der Waals surface area contributed by atoms with Gasteiger partial charge in [0.05, 0.1) is 5.69 Å². The first-order valence-electron chi connectivity index (χ1n) is 5.76. The zero-order chi connectivity index (χ0) is 14.6. The Kier molecular flexibility index (Phi) is 5.44. The molecule has 3 nitrogen and oxygen atoms in total. The molecule has 5 heteroatoms. The van der Waals surface area contributed by atoms with Crippen LogP contribution in [0.5, 0.6) is 0 Å². The highest BCUT2D eigenvalue weighted by molar-refractivity contribution is 9.10. The lowest BCUT2D eigenvalue weighted by Gasteiger charge is -2.20. The molecule has 0 unspecified atom stereocenters.